The standard InChI is InChI=1S/C17H19ClN2O4/c18-10-3-6-14(13(9-10)16(22)20-7-1-2-8-20)19-15(21)11-4-5-12(11)17(23)24/h3,6,9,11-12H,1-2,4-5,7-8H2,(H,19,21)(H,23,24). The number of carbonyl (C=O) groups excluding carboxylic acids is 2. The maximum Gasteiger partial charge on any atom is 0.307 e. The highest BCUT2D eigenvalue weighted by Gasteiger charge is 2.41. The van der Waals surface area contributed by atoms with Crippen LogP contribution >= 0.6 is 11.6 Å². The molecule has 128 valence electrons. The fourth-order valence-corrected chi connectivity index (χ4v) is 3.40. The van der Waals surface area contributed by atoms with Gasteiger partial charge in [-0.3, -0.25) is 14.4 Å². The highest BCUT2D eigenvalue weighted by atomic mass is 35.5. The number of nitrogens with one attached hydrogen (secondary N) is 1. The number of likely N-dealkylation sites (tertiary alicyclic amines) is 1. The quantitative estimate of drug-likeness (QED) is 0.873. The smallest absolute Gasteiger partial charge is 0.307 e. The van der Waals surface area contributed by atoms with Gasteiger partial charge in [-0.05, 0) is 43.9 Å². The van der Waals surface area contributed by atoms with E-state index in [2.05, 4.69) is 5.32 Å². The maximum atomic E-state index is 12.6. The maximum absolute atomic E-state index is 12.6. The molecule has 1 aliphatic carbocycles. The first-order valence-electron chi connectivity index (χ1n) is 8.10. The van der Waals surface area contributed by atoms with Gasteiger partial charge in [0.15, 0.2) is 0 Å². The van der Waals surface area contributed by atoms with E-state index >= 15 is 0 Å². The number of carboxylic acids is 1. The summed E-state index contributed by atoms with van der Waals surface area (Å²) in [4.78, 5) is 37.8. The van der Waals surface area contributed by atoms with Gasteiger partial charge in [-0.2, -0.15) is 0 Å². The Morgan fingerprint density at radius 2 is 1.79 bits per heavy atom. The number of nitrogens with zero attached hydrogens (tertiary/aromatic N) is 1. The summed E-state index contributed by atoms with van der Waals surface area (Å²) in [6.07, 6.45) is 2.99. The molecule has 1 aliphatic heterocycles. The second kappa shape index (κ2) is 6.81. The first-order chi connectivity index (χ1) is 11.5. The zero-order chi connectivity index (χ0) is 17.3. The predicted octanol–water partition coefficient (Wildman–Crippen LogP) is 2.63. The van der Waals surface area contributed by atoms with E-state index in [1.807, 2.05) is 0 Å². The van der Waals surface area contributed by atoms with Crippen molar-refractivity contribution in [3.8, 4) is 0 Å². The molecule has 1 aromatic rings. The van der Waals surface area contributed by atoms with Crippen molar-refractivity contribution in [2.75, 3.05) is 18.4 Å². The average molecular weight is 351 g/mol. The average Bonchev–Trinajstić information content (AvgIpc) is 3.00. The zero-order valence-corrected chi connectivity index (χ0v) is 13.9. The van der Waals surface area contributed by atoms with Crippen LogP contribution in [0.2, 0.25) is 5.02 Å². The number of hydrogen-bond donors (Lipinski definition) is 2. The van der Waals surface area contributed by atoms with Crippen molar-refractivity contribution in [1.29, 1.82) is 0 Å². The van der Waals surface area contributed by atoms with Gasteiger partial charge in [-0.25, -0.2) is 0 Å². The van der Waals surface area contributed by atoms with Gasteiger partial charge in [-0.1, -0.05) is 11.6 Å². The molecule has 1 saturated carbocycles. The largest absolute Gasteiger partial charge is 0.481 e. The topological polar surface area (TPSA) is 86.7 Å². The fourth-order valence-electron chi connectivity index (χ4n) is 3.23. The number of aliphatic carboxylic acids is 1. The van der Waals surface area contributed by atoms with Crippen molar-refractivity contribution in [2.45, 2.75) is 25.7 Å². The van der Waals surface area contributed by atoms with Crippen LogP contribution in [0.25, 0.3) is 0 Å². The van der Waals surface area contributed by atoms with Crippen molar-refractivity contribution < 1.29 is 19.5 Å². The minimum atomic E-state index is -0.953. The molecule has 1 aromatic carbocycles. The molecule has 2 amide bonds. The van der Waals surface area contributed by atoms with Crippen LogP contribution in [0.5, 0.6) is 0 Å². The normalized spacial score (nSPS) is 22.8. The number of benzene rings is 1. The monoisotopic (exact) mass is 350 g/mol. The summed E-state index contributed by atoms with van der Waals surface area (Å²) in [6, 6.07) is 4.75. The fraction of sp³-hybridized carbons (Fsp3) is 0.471. The number of rotatable bonds is 4. The molecule has 2 N–H and O–H groups in total. The van der Waals surface area contributed by atoms with Gasteiger partial charge >= 0.3 is 5.97 Å². The van der Waals surface area contributed by atoms with Crippen LogP contribution in [0.1, 0.15) is 36.0 Å². The molecule has 2 aliphatic rings. The van der Waals surface area contributed by atoms with E-state index in [-0.39, 0.29) is 11.8 Å². The third-order valence-corrected chi connectivity index (χ3v) is 5.03. The molecule has 3 rings (SSSR count). The molecule has 0 bridgehead atoms. The number of halogens is 1. The van der Waals surface area contributed by atoms with Crippen LogP contribution in [0.4, 0.5) is 5.69 Å². The first-order valence-corrected chi connectivity index (χ1v) is 8.47. The van der Waals surface area contributed by atoms with Gasteiger partial charge in [0.25, 0.3) is 5.91 Å². The van der Waals surface area contributed by atoms with Crippen LogP contribution in [0.3, 0.4) is 0 Å². The molecule has 2 unspecified atom stereocenters. The van der Waals surface area contributed by atoms with E-state index in [0.717, 1.165) is 12.8 Å². The van der Waals surface area contributed by atoms with E-state index in [1.165, 1.54) is 0 Å². The van der Waals surface area contributed by atoms with E-state index in [1.54, 1.807) is 23.1 Å². The van der Waals surface area contributed by atoms with E-state index in [4.69, 9.17) is 16.7 Å². The molecule has 2 atom stereocenters. The molecule has 24 heavy (non-hydrogen) atoms. The molecule has 0 radical (unpaired) electrons. The highest BCUT2D eigenvalue weighted by Crippen LogP contribution is 2.36. The van der Waals surface area contributed by atoms with Gasteiger partial charge in [0.2, 0.25) is 5.91 Å². The number of anilines is 1. The van der Waals surface area contributed by atoms with Crippen molar-refractivity contribution in [1.82, 2.24) is 4.90 Å². The Hall–Kier alpha value is -2.08. The Bertz CT molecular complexity index is 685. The number of amides is 2. The van der Waals surface area contributed by atoms with Crippen LogP contribution in [0, 0.1) is 11.8 Å². The van der Waals surface area contributed by atoms with Crippen molar-refractivity contribution in [3.63, 3.8) is 0 Å². The van der Waals surface area contributed by atoms with Gasteiger partial charge < -0.3 is 15.3 Å². The molecule has 7 heteroatoms. The molecule has 6 nitrogen and oxygen atoms in total. The van der Waals surface area contributed by atoms with Gasteiger partial charge in [-0.15, -0.1) is 0 Å². The first kappa shape index (κ1) is 16.8. The summed E-state index contributed by atoms with van der Waals surface area (Å²) in [7, 11) is 0. The Labute approximate surface area is 144 Å². The van der Waals surface area contributed by atoms with Crippen LogP contribution < -0.4 is 5.32 Å². The molecule has 0 aromatic heterocycles. The Kier molecular flexibility index (Phi) is 4.76. The van der Waals surface area contributed by atoms with Gasteiger partial charge in [0.1, 0.15) is 0 Å². The molecular formula is C17H19ClN2O4. The number of carboxylic acid groups (broad SMARTS) is 1. The van der Waals surface area contributed by atoms with Crippen molar-refractivity contribution in [2.24, 2.45) is 11.8 Å². The molecule has 1 saturated heterocycles. The van der Waals surface area contributed by atoms with E-state index in [0.29, 0.717) is 42.2 Å². The molecule has 0 spiro atoms. The lowest BCUT2D eigenvalue weighted by atomic mass is 9.73. The lowest BCUT2D eigenvalue weighted by Crippen LogP contribution is -2.41. The summed E-state index contributed by atoms with van der Waals surface area (Å²) in [5.41, 5.74) is 0.737. The van der Waals surface area contributed by atoms with Crippen molar-refractivity contribution >= 4 is 35.1 Å². The minimum absolute atomic E-state index is 0.159. The SMILES string of the molecule is O=C(O)C1CCC1C(=O)Nc1ccc(Cl)cc1C(=O)N1CCCC1. The Morgan fingerprint density at radius 1 is 1.12 bits per heavy atom. The summed E-state index contributed by atoms with van der Waals surface area (Å²) in [5.74, 6) is -2.66. The number of hydrogen-bond acceptors (Lipinski definition) is 3. The van der Waals surface area contributed by atoms with E-state index < -0.39 is 17.8 Å². The van der Waals surface area contributed by atoms with Crippen molar-refractivity contribution in [3.05, 3.63) is 28.8 Å². The Morgan fingerprint density at radius 3 is 2.38 bits per heavy atom. The minimum Gasteiger partial charge on any atom is -0.481 e. The second-order valence-corrected chi connectivity index (χ2v) is 6.74. The van der Waals surface area contributed by atoms with E-state index in [9.17, 15) is 14.4 Å². The lowest BCUT2D eigenvalue weighted by molar-refractivity contribution is -0.151. The lowest BCUT2D eigenvalue weighted by Gasteiger charge is -2.32. The highest BCUT2D eigenvalue weighted by molar-refractivity contribution is 6.31. The second-order valence-electron chi connectivity index (χ2n) is 6.31. The summed E-state index contributed by atoms with van der Waals surface area (Å²) in [6.45, 7) is 1.39. The number of carbonyl (C=O) groups is 3. The molecular weight excluding hydrogens is 332 g/mol. The van der Waals surface area contributed by atoms with Crippen LogP contribution in [0.15, 0.2) is 18.2 Å². The van der Waals surface area contributed by atoms with Gasteiger partial charge in [0, 0.05) is 18.1 Å². The molecule has 2 fully saturated rings. The third kappa shape index (κ3) is 3.24. The molecule has 1 heterocycles. The van der Waals surface area contributed by atoms with Gasteiger partial charge in [0.05, 0.1) is 23.1 Å². The van der Waals surface area contributed by atoms with Crippen LogP contribution in [-0.2, 0) is 9.59 Å². The third-order valence-electron chi connectivity index (χ3n) is 4.79. The Balaban J connectivity index is 1.79. The zero-order valence-electron chi connectivity index (χ0n) is 13.1. The van der Waals surface area contributed by atoms with Crippen LogP contribution in [-0.4, -0.2) is 40.9 Å². The summed E-state index contributed by atoms with van der Waals surface area (Å²) >= 11 is 6.01. The summed E-state index contributed by atoms with van der Waals surface area (Å²) in [5, 5.41) is 12.2. The predicted molar refractivity (Wildman–Crippen MR) is 89.1 cm³/mol. The summed E-state index contributed by atoms with van der Waals surface area (Å²) < 4.78 is 0.